The van der Waals surface area contributed by atoms with E-state index in [1.54, 1.807) is 23.8 Å². The average Bonchev–Trinajstić information content (AvgIpc) is 3.21. The van der Waals surface area contributed by atoms with Gasteiger partial charge in [-0.25, -0.2) is 4.52 Å². The number of rotatable bonds is 8. The molecular weight excluding hydrogens is 404 g/mol. The van der Waals surface area contributed by atoms with Crippen LogP contribution in [0.15, 0.2) is 66.9 Å². The Balaban J connectivity index is 1.51. The molecule has 8 heteroatoms. The van der Waals surface area contributed by atoms with Crippen LogP contribution >= 0.6 is 0 Å². The molecule has 8 nitrogen and oxygen atoms in total. The number of amides is 1. The number of benzene rings is 2. The monoisotopic (exact) mass is 430 g/mol. The summed E-state index contributed by atoms with van der Waals surface area (Å²) in [5.41, 5.74) is 4.10. The van der Waals surface area contributed by atoms with Crippen LogP contribution in [0.2, 0.25) is 0 Å². The van der Waals surface area contributed by atoms with E-state index in [4.69, 9.17) is 4.74 Å². The summed E-state index contributed by atoms with van der Waals surface area (Å²) >= 11 is 0. The van der Waals surface area contributed by atoms with Crippen LogP contribution in [0.3, 0.4) is 0 Å². The minimum atomic E-state index is -0.0906. The predicted octanol–water partition coefficient (Wildman–Crippen LogP) is 3.44. The Morgan fingerprint density at radius 1 is 1.09 bits per heavy atom. The summed E-state index contributed by atoms with van der Waals surface area (Å²) in [6, 6.07) is 19.0. The number of ether oxygens (including phenoxy) is 1. The first-order valence-electron chi connectivity index (χ1n) is 10.3. The van der Waals surface area contributed by atoms with Gasteiger partial charge in [0.15, 0.2) is 5.65 Å². The lowest BCUT2D eigenvalue weighted by Crippen LogP contribution is -2.31. The van der Waals surface area contributed by atoms with Crippen molar-refractivity contribution < 1.29 is 9.53 Å². The third kappa shape index (κ3) is 4.87. The summed E-state index contributed by atoms with van der Waals surface area (Å²) in [7, 11) is 5.59. The van der Waals surface area contributed by atoms with Crippen molar-refractivity contribution in [3.8, 4) is 16.9 Å². The summed E-state index contributed by atoms with van der Waals surface area (Å²) in [6.07, 6.45) is 1.86. The van der Waals surface area contributed by atoms with Crippen molar-refractivity contribution >= 4 is 23.2 Å². The van der Waals surface area contributed by atoms with Crippen LogP contribution < -0.4 is 15.4 Å². The van der Waals surface area contributed by atoms with Crippen LogP contribution in [0.4, 0.5) is 11.6 Å². The first-order valence-corrected chi connectivity index (χ1v) is 10.3. The highest BCUT2D eigenvalue weighted by Gasteiger charge is 2.11. The van der Waals surface area contributed by atoms with E-state index in [0.717, 1.165) is 34.8 Å². The minimum Gasteiger partial charge on any atom is -0.497 e. The molecule has 0 saturated carbocycles. The Morgan fingerprint density at radius 3 is 2.66 bits per heavy atom. The molecule has 4 aromatic rings. The quantitative estimate of drug-likeness (QED) is 0.446. The van der Waals surface area contributed by atoms with E-state index in [2.05, 4.69) is 20.7 Å². The molecule has 0 saturated heterocycles. The van der Waals surface area contributed by atoms with Gasteiger partial charge in [-0.05, 0) is 68.2 Å². The topological polar surface area (TPSA) is 83.8 Å². The fraction of sp³-hybridized carbons (Fsp3) is 0.208. The van der Waals surface area contributed by atoms with Crippen molar-refractivity contribution in [3.63, 3.8) is 0 Å². The van der Waals surface area contributed by atoms with E-state index >= 15 is 0 Å². The fourth-order valence-electron chi connectivity index (χ4n) is 3.30. The maximum atomic E-state index is 12.2. The maximum Gasteiger partial charge on any atom is 0.251 e. The van der Waals surface area contributed by atoms with Gasteiger partial charge < -0.3 is 20.3 Å². The van der Waals surface area contributed by atoms with Gasteiger partial charge >= 0.3 is 0 Å². The van der Waals surface area contributed by atoms with E-state index in [-0.39, 0.29) is 5.91 Å². The van der Waals surface area contributed by atoms with Crippen molar-refractivity contribution in [2.45, 2.75) is 0 Å². The number of hydrogen-bond acceptors (Lipinski definition) is 6. The van der Waals surface area contributed by atoms with Gasteiger partial charge in [0.2, 0.25) is 5.95 Å². The maximum absolute atomic E-state index is 12.2. The van der Waals surface area contributed by atoms with Gasteiger partial charge in [-0.1, -0.05) is 12.1 Å². The zero-order valence-electron chi connectivity index (χ0n) is 18.4. The van der Waals surface area contributed by atoms with Crippen molar-refractivity contribution in [3.05, 3.63) is 72.4 Å². The second-order valence-electron chi connectivity index (χ2n) is 7.62. The number of carbonyl (C=O) groups is 1. The standard InChI is InChI=1S/C24H26N6O2/c1-29(2)15-13-25-23(31)17-9-11-19(12-10-17)26-24-27-22-21(8-5-14-30(22)28-24)18-6-4-7-20(16-18)32-3/h4-12,14,16H,13,15H2,1-3H3,(H,25,31)(H,26,28). The summed E-state index contributed by atoms with van der Waals surface area (Å²) in [6.45, 7) is 1.40. The van der Waals surface area contributed by atoms with Crippen LogP contribution in [0.25, 0.3) is 16.8 Å². The predicted molar refractivity (Wildman–Crippen MR) is 126 cm³/mol. The Hall–Kier alpha value is -3.91. The van der Waals surface area contributed by atoms with E-state index in [0.29, 0.717) is 18.1 Å². The first kappa shape index (κ1) is 21.3. The second kappa shape index (κ2) is 9.49. The molecule has 0 atom stereocenters. The lowest BCUT2D eigenvalue weighted by Gasteiger charge is -2.10. The SMILES string of the molecule is COc1cccc(-c2cccn3nc(Nc4ccc(C(=O)NCCN(C)C)cc4)nc23)c1. The highest BCUT2D eigenvalue weighted by molar-refractivity contribution is 5.94. The molecule has 2 heterocycles. The van der Waals surface area contributed by atoms with Crippen LogP contribution in [0, 0.1) is 0 Å². The number of anilines is 2. The number of fused-ring (bicyclic) bond motifs is 1. The van der Waals surface area contributed by atoms with Crippen LogP contribution in [-0.2, 0) is 0 Å². The molecule has 1 amide bonds. The molecule has 0 unspecified atom stereocenters. The summed E-state index contributed by atoms with van der Waals surface area (Å²) in [5.74, 6) is 1.17. The van der Waals surface area contributed by atoms with Crippen molar-refractivity contribution in [1.82, 2.24) is 24.8 Å². The zero-order valence-corrected chi connectivity index (χ0v) is 18.4. The molecule has 0 aliphatic heterocycles. The second-order valence-corrected chi connectivity index (χ2v) is 7.62. The largest absolute Gasteiger partial charge is 0.497 e. The molecule has 2 N–H and O–H groups in total. The number of methoxy groups -OCH3 is 1. The number of carbonyl (C=O) groups excluding carboxylic acids is 1. The number of aromatic nitrogens is 3. The molecular formula is C24H26N6O2. The molecule has 2 aromatic carbocycles. The molecule has 0 spiro atoms. The Morgan fingerprint density at radius 2 is 1.91 bits per heavy atom. The third-order valence-corrected chi connectivity index (χ3v) is 4.99. The van der Waals surface area contributed by atoms with Gasteiger partial charge in [0, 0.05) is 36.1 Å². The molecule has 0 radical (unpaired) electrons. The Bertz CT molecular complexity index is 1220. The summed E-state index contributed by atoms with van der Waals surface area (Å²) in [4.78, 5) is 18.9. The Kier molecular flexibility index (Phi) is 6.32. The van der Waals surface area contributed by atoms with Gasteiger partial charge in [0.1, 0.15) is 5.75 Å². The molecule has 0 aliphatic rings. The highest BCUT2D eigenvalue weighted by Crippen LogP contribution is 2.27. The third-order valence-electron chi connectivity index (χ3n) is 4.99. The number of pyridine rings is 1. The average molecular weight is 431 g/mol. The Labute approximate surface area is 186 Å². The van der Waals surface area contributed by atoms with Gasteiger partial charge in [-0.2, -0.15) is 4.98 Å². The lowest BCUT2D eigenvalue weighted by molar-refractivity contribution is 0.0951. The normalized spacial score (nSPS) is 11.0. The van der Waals surface area contributed by atoms with Crippen molar-refractivity contribution in [2.75, 3.05) is 39.6 Å². The summed E-state index contributed by atoms with van der Waals surface area (Å²) < 4.78 is 7.09. The summed E-state index contributed by atoms with van der Waals surface area (Å²) in [5, 5.41) is 10.7. The highest BCUT2D eigenvalue weighted by atomic mass is 16.5. The van der Waals surface area contributed by atoms with E-state index in [1.165, 1.54) is 0 Å². The molecule has 0 bridgehead atoms. The van der Waals surface area contributed by atoms with Gasteiger partial charge in [0.25, 0.3) is 5.91 Å². The molecule has 2 aromatic heterocycles. The molecule has 0 fully saturated rings. The number of hydrogen-bond donors (Lipinski definition) is 2. The molecule has 164 valence electrons. The van der Waals surface area contributed by atoms with Crippen LogP contribution in [0.5, 0.6) is 5.75 Å². The first-order chi connectivity index (χ1) is 15.5. The van der Waals surface area contributed by atoms with Crippen LogP contribution in [-0.4, -0.2) is 59.7 Å². The van der Waals surface area contributed by atoms with Crippen LogP contribution in [0.1, 0.15) is 10.4 Å². The fourth-order valence-corrected chi connectivity index (χ4v) is 3.30. The number of likely N-dealkylation sites (N-methyl/N-ethyl adjacent to an activating group) is 1. The van der Waals surface area contributed by atoms with Gasteiger partial charge in [-0.15, -0.1) is 5.10 Å². The molecule has 0 aliphatic carbocycles. The van der Waals surface area contributed by atoms with E-state index in [1.807, 2.05) is 73.7 Å². The van der Waals surface area contributed by atoms with E-state index in [9.17, 15) is 4.79 Å². The van der Waals surface area contributed by atoms with Crippen molar-refractivity contribution in [2.24, 2.45) is 0 Å². The lowest BCUT2D eigenvalue weighted by atomic mass is 10.1. The van der Waals surface area contributed by atoms with E-state index < -0.39 is 0 Å². The van der Waals surface area contributed by atoms with Crippen molar-refractivity contribution in [1.29, 1.82) is 0 Å². The van der Waals surface area contributed by atoms with Gasteiger partial charge in [-0.3, -0.25) is 4.79 Å². The zero-order chi connectivity index (χ0) is 22.5. The number of nitrogens with zero attached hydrogens (tertiary/aromatic N) is 4. The molecule has 4 rings (SSSR count). The minimum absolute atomic E-state index is 0.0906. The van der Waals surface area contributed by atoms with Gasteiger partial charge in [0.05, 0.1) is 7.11 Å². The number of nitrogens with one attached hydrogen (secondary N) is 2. The smallest absolute Gasteiger partial charge is 0.251 e. The molecule has 32 heavy (non-hydrogen) atoms.